The maximum Gasteiger partial charge on any atom is 0.264 e. The number of nitrogen functional groups attached to an aromatic ring is 1. The summed E-state index contributed by atoms with van der Waals surface area (Å²) in [6.07, 6.45) is 0. The zero-order valence-electron chi connectivity index (χ0n) is 10.6. The Morgan fingerprint density at radius 2 is 1.71 bits per heavy atom. The van der Waals surface area contributed by atoms with Crippen LogP contribution in [0, 0.1) is 17.0 Å². The van der Waals surface area contributed by atoms with Crippen molar-refractivity contribution in [3.05, 3.63) is 59.7 Å². The van der Waals surface area contributed by atoms with Crippen LogP contribution in [-0.2, 0) is 10.0 Å². The van der Waals surface area contributed by atoms with Crippen LogP contribution in [0.4, 0.5) is 14.5 Å². The van der Waals surface area contributed by atoms with E-state index in [9.17, 15) is 17.2 Å². The van der Waals surface area contributed by atoms with Crippen molar-refractivity contribution >= 4 is 21.5 Å². The summed E-state index contributed by atoms with van der Waals surface area (Å²) in [6, 6.07) is 7.86. The van der Waals surface area contributed by atoms with Crippen LogP contribution in [0.5, 0.6) is 0 Å². The Bertz CT molecular complexity index is 790. The molecule has 2 aromatic rings. The predicted octanol–water partition coefficient (Wildman–Crippen LogP) is 2.05. The summed E-state index contributed by atoms with van der Waals surface area (Å²) in [4.78, 5) is -0.653. The van der Waals surface area contributed by atoms with Gasteiger partial charge in [-0.1, -0.05) is 0 Å². The average molecular weight is 311 g/mol. The fraction of sp³-hybridized carbons (Fsp3) is 0. The van der Waals surface area contributed by atoms with Crippen LogP contribution in [0.1, 0.15) is 5.56 Å². The maximum atomic E-state index is 13.5. The van der Waals surface area contributed by atoms with Gasteiger partial charge in [0.1, 0.15) is 22.4 Å². The molecule has 0 fully saturated rings. The summed E-state index contributed by atoms with van der Waals surface area (Å²) in [7, 11) is -4.17. The van der Waals surface area contributed by atoms with Crippen molar-refractivity contribution < 1.29 is 17.2 Å². The van der Waals surface area contributed by atoms with Crippen LogP contribution < -0.4 is 10.5 Å². The third-order valence-corrected chi connectivity index (χ3v) is 4.05. The van der Waals surface area contributed by atoms with Crippen LogP contribution in [0.25, 0.3) is 0 Å². The van der Waals surface area contributed by atoms with Crippen molar-refractivity contribution in [2.75, 3.05) is 4.72 Å². The average Bonchev–Trinajstić information content (AvgIpc) is 2.38. The third kappa shape index (κ3) is 3.34. The second kappa shape index (κ2) is 5.49. The number of hydrogen-bond acceptors (Lipinski definition) is 3. The molecule has 110 valence electrons. The van der Waals surface area contributed by atoms with Crippen molar-refractivity contribution in [3.63, 3.8) is 0 Å². The number of anilines is 1. The predicted molar refractivity (Wildman–Crippen MR) is 74.6 cm³/mol. The Morgan fingerprint density at radius 1 is 1.10 bits per heavy atom. The quantitative estimate of drug-likeness (QED) is 0.595. The highest BCUT2D eigenvalue weighted by Crippen LogP contribution is 2.19. The van der Waals surface area contributed by atoms with Gasteiger partial charge in [0.2, 0.25) is 0 Å². The van der Waals surface area contributed by atoms with Gasteiger partial charge in [-0.25, -0.2) is 17.2 Å². The number of amidine groups is 1. The van der Waals surface area contributed by atoms with Crippen molar-refractivity contribution in [2.24, 2.45) is 5.73 Å². The van der Waals surface area contributed by atoms with E-state index < -0.39 is 26.6 Å². The fourth-order valence-electron chi connectivity index (χ4n) is 1.62. The zero-order chi connectivity index (χ0) is 15.6. The molecule has 0 aliphatic carbocycles. The molecule has 0 atom stereocenters. The van der Waals surface area contributed by atoms with Crippen LogP contribution in [0.2, 0.25) is 0 Å². The number of rotatable bonds is 4. The standard InChI is InChI=1S/C13H11F2N3O2S/c14-9-3-6-12(11(15)7-9)21(19,20)18-10-4-1-8(2-5-10)13(16)17/h1-7,18H,(H3,16,17). The second-order valence-corrected chi connectivity index (χ2v) is 5.82. The Hall–Kier alpha value is -2.48. The first-order valence-corrected chi connectivity index (χ1v) is 7.20. The fourth-order valence-corrected chi connectivity index (χ4v) is 2.74. The molecule has 0 saturated carbocycles. The van der Waals surface area contributed by atoms with Gasteiger partial charge in [0.25, 0.3) is 10.0 Å². The Balaban J connectivity index is 2.30. The van der Waals surface area contributed by atoms with Crippen molar-refractivity contribution in [3.8, 4) is 0 Å². The topological polar surface area (TPSA) is 96.0 Å². The minimum Gasteiger partial charge on any atom is -0.384 e. The molecule has 0 radical (unpaired) electrons. The van der Waals surface area contributed by atoms with Gasteiger partial charge in [0, 0.05) is 17.3 Å². The van der Waals surface area contributed by atoms with Crippen molar-refractivity contribution in [1.29, 1.82) is 5.41 Å². The lowest BCUT2D eigenvalue weighted by Gasteiger charge is -2.09. The van der Waals surface area contributed by atoms with Gasteiger partial charge < -0.3 is 5.73 Å². The summed E-state index contributed by atoms with van der Waals surface area (Å²) in [5.74, 6) is -2.20. The SMILES string of the molecule is N=C(N)c1ccc(NS(=O)(=O)c2ccc(F)cc2F)cc1. The highest BCUT2D eigenvalue weighted by atomic mass is 32.2. The maximum absolute atomic E-state index is 13.5. The van der Waals surface area contributed by atoms with E-state index in [1.54, 1.807) is 0 Å². The van der Waals surface area contributed by atoms with Gasteiger partial charge in [-0.05, 0) is 36.4 Å². The summed E-state index contributed by atoms with van der Waals surface area (Å²) < 4.78 is 52.5. The number of hydrogen-bond donors (Lipinski definition) is 3. The monoisotopic (exact) mass is 311 g/mol. The van der Waals surface area contributed by atoms with E-state index in [0.717, 1.165) is 12.1 Å². The zero-order valence-corrected chi connectivity index (χ0v) is 11.4. The summed E-state index contributed by atoms with van der Waals surface area (Å²) >= 11 is 0. The highest BCUT2D eigenvalue weighted by molar-refractivity contribution is 7.92. The Labute approximate surface area is 120 Å². The van der Waals surface area contributed by atoms with E-state index in [1.807, 2.05) is 0 Å². The van der Waals surface area contributed by atoms with Crippen LogP contribution in [0.15, 0.2) is 47.4 Å². The normalized spacial score (nSPS) is 11.1. The number of benzene rings is 2. The summed E-state index contributed by atoms with van der Waals surface area (Å²) in [5.41, 5.74) is 5.87. The molecule has 0 amide bonds. The molecule has 8 heteroatoms. The van der Waals surface area contributed by atoms with Crippen LogP contribution in [0.3, 0.4) is 0 Å². The molecule has 2 rings (SSSR count). The molecule has 4 N–H and O–H groups in total. The number of sulfonamides is 1. The number of nitrogens with two attached hydrogens (primary N) is 1. The molecule has 0 heterocycles. The number of halogens is 2. The van der Waals surface area contributed by atoms with E-state index in [0.29, 0.717) is 11.6 Å². The lowest BCUT2D eigenvalue weighted by atomic mass is 10.2. The van der Waals surface area contributed by atoms with Gasteiger partial charge in [0.15, 0.2) is 0 Å². The van der Waals surface area contributed by atoms with E-state index in [4.69, 9.17) is 11.1 Å². The molecular weight excluding hydrogens is 300 g/mol. The first-order valence-electron chi connectivity index (χ1n) is 5.72. The lowest BCUT2D eigenvalue weighted by Crippen LogP contribution is -2.15. The van der Waals surface area contributed by atoms with Crippen molar-refractivity contribution in [2.45, 2.75) is 4.90 Å². The van der Waals surface area contributed by atoms with E-state index in [2.05, 4.69) is 4.72 Å². The summed E-state index contributed by atoms with van der Waals surface area (Å²) in [5, 5.41) is 7.22. The van der Waals surface area contributed by atoms with Crippen LogP contribution in [-0.4, -0.2) is 14.3 Å². The molecule has 0 spiro atoms. The summed E-state index contributed by atoms with van der Waals surface area (Å²) in [6.45, 7) is 0. The third-order valence-electron chi connectivity index (χ3n) is 2.63. The van der Waals surface area contributed by atoms with Gasteiger partial charge in [-0.15, -0.1) is 0 Å². The largest absolute Gasteiger partial charge is 0.384 e. The second-order valence-electron chi connectivity index (χ2n) is 4.17. The van der Waals surface area contributed by atoms with Gasteiger partial charge in [-0.3, -0.25) is 10.1 Å². The van der Waals surface area contributed by atoms with E-state index in [-0.39, 0.29) is 11.5 Å². The molecular formula is C13H11F2N3O2S. The van der Waals surface area contributed by atoms with Gasteiger partial charge in [0.05, 0.1) is 0 Å². The lowest BCUT2D eigenvalue weighted by molar-refractivity contribution is 0.551. The Kier molecular flexibility index (Phi) is 3.90. The minimum absolute atomic E-state index is 0.158. The Morgan fingerprint density at radius 3 is 2.24 bits per heavy atom. The molecule has 0 aliphatic rings. The van der Waals surface area contributed by atoms with Crippen LogP contribution >= 0.6 is 0 Å². The molecule has 0 aromatic heterocycles. The first kappa shape index (κ1) is 14.9. The van der Waals surface area contributed by atoms with E-state index in [1.165, 1.54) is 24.3 Å². The molecule has 21 heavy (non-hydrogen) atoms. The molecule has 5 nitrogen and oxygen atoms in total. The van der Waals surface area contributed by atoms with E-state index >= 15 is 0 Å². The van der Waals surface area contributed by atoms with Gasteiger partial charge in [-0.2, -0.15) is 0 Å². The molecule has 0 unspecified atom stereocenters. The van der Waals surface area contributed by atoms with Crippen molar-refractivity contribution in [1.82, 2.24) is 0 Å². The molecule has 0 saturated heterocycles. The van der Waals surface area contributed by atoms with Gasteiger partial charge >= 0.3 is 0 Å². The molecule has 0 aliphatic heterocycles. The molecule has 2 aromatic carbocycles. The smallest absolute Gasteiger partial charge is 0.264 e. The molecule has 0 bridgehead atoms. The minimum atomic E-state index is -4.17. The first-order chi connectivity index (χ1) is 9.79. The number of nitrogens with one attached hydrogen (secondary N) is 2. The highest BCUT2D eigenvalue weighted by Gasteiger charge is 2.19.